The van der Waals surface area contributed by atoms with Crippen LogP contribution in [0.1, 0.15) is 24.5 Å². The number of ether oxygens (including phenoxy) is 1. The fourth-order valence-electron chi connectivity index (χ4n) is 3.35. The molecule has 3 nitrogen and oxygen atoms in total. The van der Waals surface area contributed by atoms with Crippen LogP contribution in [0.25, 0.3) is 0 Å². The fourth-order valence-corrected chi connectivity index (χ4v) is 3.35. The van der Waals surface area contributed by atoms with E-state index in [1.165, 1.54) is 6.07 Å². The van der Waals surface area contributed by atoms with Gasteiger partial charge in [-0.2, -0.15) is 57.1 Å². The Labute approximate surface area is 204 Å². The van der Waals surface area contributed by atoms with Crippen LogP contribution in [0, 0.1) is 0 Å². The number of halogens is 13. The largest absolute Gasteiger partial charge is 0.460 e. The molecule has 0 aliphatic carbocycles. The number of hydrogen-bond acceptors (Lipinski definition) is 3. The molecular weight excluding hydrogens is 559 g/mol. The van der Waals surface area contributed by atoms with Gasteiger partial charge in [0.25, 0.3) is 0 Å². The van der Waals surface area contributed by atoms with Crippen molar-refractivity contribution in [2.75, 3.05) is 0 Å². The molecule has 0 saturated carbocycles. The first kappa shape index (κ1) is 31.2. The number of hydrogen-bond donors (Lipinski definition) is 1. The smallest absolute Gasteiger partial charge is 0.426 e. The maximum absolute atomic E-state index is 14.8. The second kappa shape index (κ2) is 9.61. The molecule has 2 rings (SSSR count). The summed E-state index contributed by atoms with van der Waals surface area (Å²) in [5.74, 6) is -40.1. The van der Waals surface area contributed by atoms with Gasteiger partial charge in [0.15, 0.2) is 0 Å². The molecule has 0 saturated heterocycles. The van der Waals surface area contributed by atoms with E-state index in [1.807, 2.05) is 0 Å². The maximum Gasteiger partial charge on any atom is 0.460 e. The molecule has 1 unspecified atom stereocenters. The van der Waals surface area contributed by atoms with E-state index in [-0.39, 0.29) is 0 Å². The van der Waals surface area contributed by atoms with Gasteiger partial charge in [0.2, 0.25) is 0 Å². The van der Waals surface area contributed by atoms with Crippen molar-refractivity contribution in [1.82, 2.24) is 0 Å². The van der Waals surface area contributed by atoms with Crippen molar-refractivity contribution in [2.45, 2.75) is 54.7 Å². The lowest BCUT2D eigenvalue weighted by atomic mass is 9.78. The van der Waals surface area contributed by atoms with E-state index < -0.39 is 70.7 Å². The molecular formula is C22H15F13O3. The molecule has 2 aromatic rings. The Morgan fingerprint density at radius 1 is 0.684 bits per heavy atom. The lowest BCUT2D eigenvalue weighted by Gasteiger charge is -2.42. The number of carbonyl (C=O) groups is 1. The average molecular weight is 574 g/mol. The molecule has 0 fully saturated rings. The third kappa shape index (κ3) is 4.89. The molecule has 2 aromatic carbocycles. The minimum absolute atomic E-state index is 0.698. The number of rotatable bonds is 9. The van der Waals surface area contributed by atoms with E-state index in [4.69, 9.17) is 4.74 Å². The zero-order valence-corrected chi connectivity index (χ0v) is 18.6. The summed E-state index contributed by atoms with van der Waals surface area (Å²) < 4.78 is 182. The highest BCUT2D eigenvalue weighted by molar-refractivity contribution is 5.70. The van der Waals surface area contributed by atoms with Crippen molar-refractivity contribution in [3.63, 3.8) is 0 Å². The molecule has 1 N–H and O–H groups in total. The zero-order chi connectivity index (χ0) is 29.6. The number of benzene rings is 2. The Morgan fingerprint density at radius 3 is 1.61 bits per heavy atom. The number of alkyl halides is 13. The number of para-hydroxylation sites is 1. The van der Waals surface area contributed by atoms with E-state index in [1.54, 1.807) is 0 Å². The Bertz CT molecular complexity index is 1150. The monoisotopic (exact) mass is 574 g/mol. The Morgan fingerprint density at radius 2 is 1.13 bits per heavy atom. The normalized spacial score (nSPS) is 15.7. The molecule has 0 bridgehead atoms. The summed E-state index contributed by atoms with van der Waals surface area (Å²) in [6.07, 6.45) is -10.5. The third-order valence-corrected chi connectivity index (χ3v) is 5.31. The predicted molar refractivity (Wildman–Crippen MR) is 103 cm³/mol. The van der Waals surface area contributed by atoms with E-state index >= 15 is 0 Å². The standard InChI is InChI=1S/C22H15F13O3/c1-12(36)38-15-10-6-5-9-14(15)16(37,13-7-3-2-4-8-13)11-17(23,24)18(25,26)19(27,28)20(29,30)21(31,32)22(33,34)35/h2-10,37H,11H2,1H3. The van der Waals surface area contributed by atoms with Gasteiger partial charge >= 0.3 is 41.8 Å². The van der Waals surface area contributed by atoms with Crippen LogP contribution in [0.4, 0.5) is 57.1 Å². The molecule has 0 aromatic heterocycles. The summed E-state index contributed by atoms with van der Waals surface area (Å²) in [6.45, 7) is 0.782. The van der Waals surface area contributed by atoms with Crippen molar-refractivity contribution in [3.8, 4) is 5.75 Å². The van der Waals surface area contributed by atoms with E-state index in [2.05, 4.69) is 0 Å². The summed E-state index contributed by atoms with van der Waals surface area (Å²) in [5, 5.41) is 11.1. The summed E-state index contributed by atoms with van der Waals surface area (Å²) >= 11 is 0. The van der Waals surface area contributed by atoms with E-state index in [0.717, 1.165) is 49.4 Å². The van der Waals surface area contributed by atoms with Crippen LogP contribution in [0.5, 0.6) is 5.75 Å². The van der Waals surface area contributed by atoms with Gasteiger partial charge in [-0.1, -0.05) is 48.5 Å². The van der Waals surface area contributed by atoms with E-state index in [9.17, 15) is 67.0 Å². The summed E-state index contributed by atoms with van der Waals surface area (Å²) in [6, 6.07) is 8.43. The van der Waals surface area contributed by atoms with E-state index in [0.29, 0.717) is 6.07 Å². The fraction of sp³-hybridized carbons (Fsp3) is 0.409. The predicted octanol–water partition coefficient (Wildman–Crippen LogP) is 6.98. The van der Waals surface area contributed by atoms with Crippen LogP contribution < -0.4 is 4.74 Å². The van der Waals surface area contributed by atoms with Gasteiger partial charge in [0.1, 0.15) is 11.4 Å². The summed E-state index contributed by atoms with van der Waals surface area (Å²) in [5.41, 5.74) is -5.34. The Balaban J connectivity index is 2.74. The topological polar surface area (TPSA) is 46.5 Å². The molecule has 212 valence electrons. The molecule has 0 aliphatic rings. The maximum atomic E-state index is 14.8. The second-order valence-corrected chi connectivity index (χ2v) is 7.99. The minimum atomic E-state index is -8.08. The first-order valence-corrected chi connectivity index (χ1v) is 9.99. The lowest BCUT2D eigenvalue weighted by Crippen LogP contribution is -2.70. The highest BCUT2D eigenvalue weighted by atomic mass is 19.4. The SMILES string of the molecule is CC(=O)Oc1ccccc1C(O)(CC(F)(F)C(F)(F)C(F)(F)C(F)(F)C(F)(F)C(F)(F)F)c1ccccc1. The molecule has 0 amide bonds. The molecule has 0 radical (unpaired) electrons. The van der Waals surface area contributed by atoms with Crippen molar-refractivity contribution in [1.29, 1.82) is 0 Å². The van der Waals surface area contributed by atoms with Crippen LogP contribution in [0.15, 0.2) is 54.6 Å². The quantitative estimate of drug-likeness (QED) is 0.200. The van der Waals surface area contributed by atoms with Gasteiger partial charge in [0.05, 0.1) is 6.42 Å². The number of esters is 1. The van der Waals surface area contributed by atoms with Gasteiger partial charge in [-0.3, -0.25) is 4.79 Å². The van der Waals surface area contributed by atoms with Gasteiger partial charge in [-0.05, 0) is 11.6 Å². The van der Waals surface area contributed by atoms with Gasteiger partial charge in [-0.25, -0.2) is 0 Å². The van der Waals surface area contributed by atoms with Crippen molar-refractivity contribution in [3.05, 3.63) is 65.7 Å². The average Bonchev–Trinajstić information content (AvgIpc) is 2.78. The lowest BCUT2D eigenvalue weighted by molar-refractivity contribution is -0.441. The molecule has 0 spiro atoms. The third-order valence-electron chi connectivity index (χ3n) is 5.31. The molecule has 16 heteroatoms. The second-order valence-electron chi connectivity index (χ2n) is 7.99. The minimum Gasteiger partial charge on any atom is -0.426 e. The van der Waals surface area contributed by atoms with Gasteiger partial charge < -0.3 is 9.84 Å². The van der Waals surface area contributed by atoms with Gasteiger partial charge in [-0.15, -0.1) is 0 Å². The van der Waals surface area contributed by atoms with Crippen molar-refractivity contribution < 1.29 is 71.7 Å². The van der Waals surface area contributed by atoms with Crippen LogP contribution in [0.2, 0.25) is 0 Å². The highest BCUT2D eigenvalue weighted by Crippen LogP contribution is 2.62. The van der Waals surface area contributed by atoms with Crippen molar-refractivity contribution in [2.24, 2.45) is 0 Å². The summed E-state index contributed by atoms with van der Waals surface area (Å²) in [7, 11) is 0. The number of carbonyl (C=O) groups excluding carboxylic acids is 1. The molecule has 1 atom stereocenters. The Kier molecular flexibility index (Phi) is 7.89. The van der Waals surface area contributed by atoms with Crippen molar-refractivity contribution >= 4 is 5.97 Å². The number of aliphatic hydroxyl groups is 1. The zero-order valence-electron chi connectivity index (χ0n) is 18.6. The highest BCUT2D eigenvalue weighted by Gasteiger charge is 2.90. The molecule has 0 aliphatic heterocycles. The first-order chi connectivity index (χ1) is 17.0. The molecule has 38 heavy (non-hydrogen) atoms. The van der Waals surface area contributed by atoms with Crippen LogP contribution in [0.3, 0.4) is 0 Å². The first-order valence-electron chi connectivity index (χ1n) is 9.99. The van der Waals surface area contributed by atoms with Gasteiger partial charge in [0, 0.05) is 12.5 Å². The summed E-state index contributed by atoms with van der Waals surface area (Å²) in [4.78, 5) is 11.4. The van der Waals surface area contributed by atoms with Crippen LogP contribution >= 0.6 is 0 Å². The van der Waals surface area contributed by atoms with Crippen LogP contribution in [-0.4, -0.2) is 46.9 Å². The molecule has 0 heterocycles. The Hall–Kier alpha value is -3.04. The van der Waals surface area contributed by atoms with Crippen LogP contribution in [-0.2, 0) is 10.4 Å².